The number of hydrogen-bond acceptors (Lipinski definition) is 4. The fourth-order valence-electron chi connectivity index (χ4n) is 1.20. The molecule has 0 radical (unpaired) electrons. The largest absolute Gasteiger partial charge is 0.478 e. The van der Waals surface area contributed by atoms with Crippen molar-refractivity contribution in [1.82, 2.24) is 9.97 Å². The molecule has 0 aliphatic carbocycles. The van der Waals surface area contributed by atoms with Crippen molar-refractivity contribution in [2.75, 3.05) is 0 Å². The zero-order valence-electron chi connectivity index (χ0n) is 8.80. The minimum Gasteiger partial charge on any atom is -0.478 e. The third-order valence-electron chi connectivity index (χ3n) is 1.97. The molecule has 7 heteroatoms. The van der Waals surface area contributed by atoms with E-state index < -0.39 is 5.97 Å². The maximum atomic E-state index is 11.1. The van der Waals surface area contributed by atoms with Crippen molar-refractivity contribution < 1.29 is 9.90 Å². The summed E-state index contributed by atoms with van der Waals surface area (Å²) in [5.74, 6) is -1.08. The standard InChI is InChI=1S/C11H6Cl2N2O2S/c12-7-2-1-5-14-10(7)18-9-6(11(16)17)3-4-8(13)15-9/h1-5H,(H,16,17). The minimum absolute atomic E-state index is 0.0612. The Morgan fingerprint density at radius 2 is 2.00 bits per heavy atom. The summed E-state index contributed by atoms with van der Waals surface area (Å²) in [6.45, 7) is 0. The van der Waals surface area contributed by atoms with Gasteiger partial charge in [0.2, 0.25) is 0 Å². The van der Waals surface area contributed by atoms with Crippen LogP contribution in [0.2, 0.25) is 10.2 Å². The second kappa shape index (κ2) is 5.56. The van der Waals surface area contributed by atoms with Crippen molar-refractivity contribution in [2.45, 2.75) is 10.1 Å². The maximum Gasteiger partial charge on any atom is 0.338 e. The number of nitrogens with zero attached hydrogens (tertiary/aromatic N) is 2. The first-order valence-electron chi connectivity index (χ1n) is 4.76. The molecule has 0 spiro atoms. The Kier molecular flexibility index (Phi) is 4.06. The van der Waals surface area contributed by atoms with Crippen LogP contribution in [0.1, 0.15) is 10.4 Å². The number of rotatable bonds is 3. The molecule has 2 heterocycles. The molecular weight excluding hydrogens is 295 g/mol. The zero-order chi connectivity index (χ0) is 13.1. The van der Waals surface area contributed by atoms with Gasteiger partial charge in [-0.05, 0) is 36.0 Å². The lowest BCUT2D eigenvalue weighted by Gasteiger charge is -2.05. The van der Waals surface area contributed by atoms with Gasteiger partial charge in [-0.2, -0.15) is 0 Å². The van der Waals surface area contributed by atoms with Gasteiger partial charge >= 0.3 is 5.97 Å². The molecule has 0 unspecified atom stereocenters. The molecule has 0 aromatic carbocycles. The highest BCUT2D eigenvalue weighted by Gasteiger charge is 2.15. The van der Waals surface area contributed by atoms with Crippen LogP contribution < -0.4 is 0 Å². The van der Waals surface area contributed by atoms with Crippen molar-refractivity contribution in [3.63, 3.8) is 0 Å². The van der Waals surface area contributed by atoms with Gasteiger partial charge in [-0.25, -0.2) is 14.8 Å². The molecule has 2 aromatic heterocycles. The first-order valence-corrected chi connectivity index (χ1v) is 6.33. The summed E-state index contributed by atoms with van der Waals surface area (Å²) in [6, 6.07) is 6.18. The lowest BCUT2D eigenvalue weighted by molar-refractivity contribution is 0.0692. The van der Waals surface area contributed by atoms with Crippen molar-refractivity contribution >= 4 is 40.9 Å². The molecule has 2 rings (SSSR count). The molecule has 92 valence electrons. The highest BCUT2D eigenvalue weighted by molar-refractivity contribution is 7.99. The van der Waals surface area contributed by atoms with Gasteiger partial charge in [0.1, 0.15) is 15.2 Å². The quantitative estimate of drug-likeness (QED) is 0.877. The topological polar surface area (TPSA) is 63.1 Å². The highest BCUT2D eigenvalue weighted by atomic mass is 35.5. The van der Waals surface area contributed by atoms with Crippen molar-refractivity contribution in [3.05, 3.63) is 46.2 Å². The number of pyridine rings is 2. The van der Waals surface area contributed by atoms with Crippen LogP contribution in [-0.2, 0) is 0 Å². The normalized spacial score (nSPS) is 10.3. The summed E-state index contributed by atoms with van der Waals surface area (Å²) in [5, 5.41) is 10.4. The number of aromatic carboxylic acids is 1. The minimum atomic E-state index is -1.08. The number of aromatic nitrogens is 2. The van der Waals surface area contributed by atoms with Crippen LogP contribution >= 0.6 is 35.0 Å². The van der Waals surface area contributed by atoms with Crippen molar-refractivity contribution in [1.29, 1.82) is 0 Å². The fourth-order valence-corrected chi connectivity index (χ4v) is 2.50. The first kappa shape index (κ1) is 13.1. The summed E-state index contributed by atoms with van der Waals surface area (Å²) in [5.41, 5.74) is 0.0612. The Balaban J connectivity index is 2.42. The number of carbonyl (C=O) groups is 1. The number of carboxylic acids is 1. The van der Waals surface area contributed by atoms with E-state index in [-0.39, 0.29) is 15.7 Å². The molecule has 0 saturated carbocycles. The Morgan fingerprint density at radius 1 is 1.22 bits per heavy atom. The van der Waals surface area contributed by atoms with Crippen LogP contribution in [0, 0.1) is 0 Å². The zero-order valence-corrected chi connectivity index (χ0v) is 11.1. The molecule has 2 aromatic rings. The van der Waals surface area contributed by atoms with Gasteiger partial charge < -0.3 is 5.11 Å². The number of hydrogen-bond donors (Lipinski definition) is 1. The lowest BCUT2D eigenvalue weighted by atomic mass is 10.3. The lowest BCUT2D eigenvalue weighted by Crippen LogP contribution is -2.01. The average Bonchev–Trinajstić information content (AvgIpc) is 2.32. The second-order valence-electron chi connectivity index (χ2n) is 3.18. The summed E-state index contributed by atoms with van der Waals surface area (Å²) in [7, 11) is 0. The van der Waals surface area contributed by atoms with Gasteiger partial charge in [0.05, 0.1) is 10.6 Å². The van der Waals surface area contributed by atoms with E-state index in [1.54, 1.807) is 18.3 Å². The van der Waals surface area contributed by atoms with Crippen LogP contribution in [0.25, 0.3) is 0 Å². The predicted molar refractivity (Wildman–Crippen MR) is 69.6 cm³/mol. The SMILES string of the molecule is O=C(O)c1ccc(Cl)nc1Sc1ncccc1Cl. The third kappa shape index (κ3) is 2.93. The van der Waals surface area contributed by atoms with E-state index in [0.717, 1.165) is 11.8 Å². The summed E-state index contributed by atoms with van der Waals surface area (Å²) in [4.78, 5) is 19.1. The summed E-state index contributed by atoms with van der Waals surface area (Å²) < 4.78 is 0. The molecular formula is C11H6Cl2N2O2S. The Bertz CT molecular complexity index is 607. The Labute approximate surface area is 117 Å². The highest BCUT2D eigenvalue weighted by Crippen LogP contribution is 2.32. The maximum absolute atomic E-state index is 11.1. The number of carboxylic acid groups (broad SMARTS) is 1. The second-order valence-corrected chi connectivity index (χ2v) is 4.96. The molecule has 0 saturated heterocycles. The molecule has 0 aliphatic rings. The van der Waals surface area contributed by atoms with Crippen LogP contribution in [0.5, 0.6) is 0 Å². The van der Waals surface area contributed by atoms with E-state index in [1.165, 1.54) is 12.1 Å². The van der Waals surface area contributed by atoms with Gasteiger partial charge in [0.25, 0.3) is 0 Å². The smallest absolute Gasteiger partial charge is 0.338 e. The van der Waals surface area contributed by atoms with Crippen LogP contribution in [0.4, 0.5) is 0 Å². The van der Waals surface area contributed by atoms with E-state index >= 15 is 0 Å². The summed E-state index contributed by atoms with van der Waals surface area (Å²) in [6.07, 6.45) is 1.57. The van der Waals surface area contributed by atoms with Gasteiger partial charge in [-0.1, -0.05) is 23.2 Å². The molecule has 18 heavy (non-hydrogen) atoms. The number of halogens is 2. The van der Waals surface area contributed by atoms with Crippen LogP contribution in [-0.4, -0.2) is 21.0 Å². The van der Waals surface area contributed by atoms with E-state index in [0.29, 0.717) is 10.0 Å². The molecule has 4 nitrogen and oxygen atoms in total. The Morgan fingerprint density at radius 3 is 2.67 bits per heavy atom. The van der Waals surface area contributed by atoms with Gasteiger partial charge in [0, 0.05) is 6.20 Å². The van der Waals surface area contributed by atoms with Crippen molar-refractivity contribution in [2.24, 2.45) is 0 Å². The Hall–Kier alpha value is -1.30. The molecule has 1 N–H and O–H groups in total. The van der Waals surface area contributed by atoms with Crippen LogP contribution in [0.15, 0.2) is 40.5 Å². The molecule has 0 atom stereocenters. The average molecular weight is 301 g/mol. The van der Waals surface area contributed by atoms with Gasteiger partial charge in [0.15, 0.2) is 0 Å². The van der Waals surface area contributed by atoms with Crippen molar-refractivity contribution in [3.8, 4) is 0 Å². The monoisotopic (exact) mass is 300 g/mol. The molecule has 0 amide bonds. The third-order valence-corrected chi connectivity index (χ3v) is 3.63. The molecule has 0 bridgehead atoms. The van der Waals surface area contributed by atoms with E-state index in [4.69, 9.17) is 28.3 Å². The van der Waals surface area contributed by atoms with Gasteiger partial charge in [-0.15, -0.1) is 0 Å². The van der Waals surface area contributed by atoms with Gasteiger partial charge in [-0.3, -0.25) is 0 Å². The van der Waals surface area contributed by atoms with E-state index in [2.05, 4.69) is 9.97 Å². The summed E-state index contributed by atoms with van der Waals surface area (Å²) >= 11 is 12.8. The molecule has 0 aliphatic heterocycles. The van der Waals surface area contributed by atoms with E-state index in [9.17, 15) is 4.79 Å². The molecule has 0 fully saturated rings. The predicted octanol–water partition coefficient (Wildman–Crippen LogP) is 3.63. The first-order chi connectivity index (χ1) is 8.58. The fraction of sp³-hybridized carbons (Fsp3) is 0. The van der Waals surface area contributed by atoms with Crippen LogP contribution in [0.3, 0.4) is 0 Å². The van der Waals surface area contributed by atoms with E-state index in [1.807, 2.05) is 0 Å².